The topological polar surface area (TPSA) is 167 Å². The predicted octanol–water partition coefficient (Wildman–Crippen LogP) is -1.85. The van der Waals surface area contributed by atoms with Crippen LogP contribution in [0.3, 0.4) is 0 Å². The second-order valence-corrected chi connectivity index (χ2v) is 4.75. The molecule has 1 heterocycles. The molecular weight excluding hydrogens is 314 g/mol. The molecule has 0 spiro atoms. The number of ether oxygens (including phenoxy) is 4. The molecule has 4 N–H and O–H groups in total. The average molecular weight is 337 g/mol. The van der Waals surface area contributed by atoms with E-state index in [4.69, 9.17) is 29.6 Å². The Kier molecular flexibility index (Phi) is 10.0. The summed E-state index contributed by atoms with van der Waals surface area (Å²) in [7, 11) is 0. The van der Waals surface area contributed by atoms with Gasteiger partial charge >= 0.3 is 0 Å². The molecule has 1 saturated heterocycles. The molecule has 0 aromatic carbocycles. The molecule has 11 nitrogen and oxygen atoms in total. The molecule has 0 aromatic rings. The van der Waals surface area contributed by atoms with Gasteiger partial charge in [-0.3, -0.25) is 0 Å². The molecule has 134 valence electrons. The summed E-state index contributed by atoms with van der Waals surface area (Å²) in [4.78, 5) is 2.58. The van der Waals surface area contributed by atoms with Gasteiger partial charge in [-0.2, -0.15) is 0 Å². The highest BCUT2D eigenvalue weighted by atomic mass is 16.7. The minimum Gasteiger partial charge on any atom is -0.394 e. The van der Waals surface area contributed by atoms with Gasteiger partial charge in [-0.05, 0) is 5.53 Å². The van der Waals surface area contributed by atoms with E-state index in [1.165, 1.54) is 0 Å². The predicted molar refractivity (Wildman–Crippen MR) is 75.4 cm³/mol. The molecule has 0 radical (unpaired) electrons. The van der Waals surface area contributed by atoms with Crippen molar-refractivity contribution < 1.29 is 39.4 Å². The third-order valence-corrected chi connectivity index (χ3v) is 3.13. The van der Waals surface area contributed by atoms with Crippen LogP contribution in [0.25, 0.3) is 10.4 Å². The molecule has 0 saturated carbocycles. The lowest BCUT2D eigenvalue weighted by molar-refractivity contribution is -0.302. The fourth-order valence-corrected chi connectivity index (χ4v) is 1.90. The maximum atomic E-state index is 9.73. The standard InChI is InChI=1S/C12H23N3O8/c13-15-14-1-2-20-3-4-21-5-6-22-12-11(19)10(18)9(17)8(7-16)23-12/h8-12,16-19H,1-7H2/t8-,9-,10-,11-,12+/m0/s1. The zero-order valence-corrected chi connectivity index (χ0v) is 12.6. The Balaban J connectivity index is 2.09. The minimum atomic E-state index is -1.46. The first kappa shape index (κ1) is 20.0. The largest absolute Gasteiger partial charge is 0.394 e. The van der Waals surface area contributed by atoms with E-state index < -0.39 is 37.3 Å². The van der Waals surface area contributed by atoms with Crippen LogP contribution in [0.2, 0.25) is 0 Å². The molecule has 1 aliphatic rings. The van der Waals surface area contributed by atoms with E-state index in [1.807, 2.05) is 0 Å². The smallest absolute Gasteiger partial charge is 0.186 e. The fraction of sp³-hybridized carbons (Fsp3) is 1.00. The summed E-state index contributed by atoms with van der Waals surface area (Å²) in [6, 6.07) is 0. The lowest BCUT2D eigenvalue weighted by atomic mass is 9.99. The summed E-state index contributed by atoms with van der Waals surface area (Å²) in [6.07, 6.45) is -6.44. The normalized spacial score (nSPS) is 30.9. The molecule has 0 bridgehead atoms. The highest BCUT2D eigenvalue weighted by Crippen LogP contribution is 2.21. The van der Waals surface area contributed by atoms with Crippen molar-refractivity contribution in [1.29, 1.82) is 0 Å². The van der Waals surface area contributed by atoms with Gasteiger partial charge in [-0.25, -0.2) is 0 Å². The molecule has 0 aliphatic carbocycles. The van der Waals surface area contributed by atoms with Crippen molar-refractivity contribution >= 4 is 0 Å². The number of aliphatic hydroxyl groups excluding tert-OH is 4. The third-order valence-electron chi connectivity index (χ3n) is 3.13. The van der Waals surface area contributed by atoms with E-state index >= 15 is 0 Å². The van der Waals surface area contributed by atoms with Gasteiger partial charge in [0, 0.05) is 11.5 Å². The van der Waals surface area contributed by atoms with Crippen molar-refractivity contribution in [2.75, 3.05) is 46.2 Å². The second kappa shape index (κ2) is 11.5. The minimum absolute atomic E-state index is 0.0847. The van der Waals surface area contributed by atoms with Gasteiger partial charge in [0.1, 0.15) is 24.4 Å². The first-order valence-corrected chi connectivity index (χ1v) is 7.20. The summed E-state index contributed by atoms with van der Waals surface area (Å²) in [5.41, 5.74) is 8.05. The Hall–Kier alpha value is -1.01. The maximum Gasteiger partial charge on any atom is 0.186 e. The van der Waals surface area contributed by atoms with E-state index in [0.717, 1.165) is 0 Å². The third kappa shape index (κ3) is 6.96. The van der Waals surface area contributed by atoms with Crippen LogP contribution in [-0.2, 0) is 18.9 Å². The van der Waals surface area contributed by atoms with Crippen LogP contribution in [0.5, 0.6) is 0 Å². The molecule has 0 amide bonds. The average Bonchev–Trinajstić information content (AvgIpc) is 2.56. The summed E-state index contributed by atoms with van der Waals surface area (Å²) >= 11 is 0. The summed E-state index contributed by atoms with van der Waals surface area (Å²) < 4.78 is 20.7. The number of hydrogen-bond acceptors (Lipinski definition) is 9. The van der Waals surface area contributed by atoms with Gasteiger partial charge in [0.25, 0.3) is 0 Å². The van der Waals surface area contributed by atoms with Crippen LogP contribution in [0, 0.1) is 0 Å². The van der Waals surface area contributed by atoms with Crippen LogP contribution in [0.15, 0.2) is 5.11 Å². The lowest BCUT2D eigenvalue weighted by Crippen LogP contribution is -2.59. The zero-order chi connectivity index (χ0) is 17.1. The molecule has 1 aliphatic heterocycles. The van der Waals surface area contributed by atoms with Crippen LogP contribution in [0.1, 0.15) is 0 Å². The Morgan fingerprint density at radius 3 is 2.26 bits per heavy atom. The van der Waals surface area contributed by atoms with Crippen LogP contribution in [-0.4, -0.2) is 97.3 Å². The number of rotatable bonds is 11. The monoisotopic (exact) mass is 337 g/mol. The van der Waals surface area contributed by atoms with Crippen molar-refractivity contribution in [2.45, 2.75) is 30.7 Å². The van der Waals surface area contributed by atoms with E-state index in [1.54, 1.807) is 0 Å². The highest BCUT2D eigenvalue weighted by Gasteiger charge is 2.43. The molecule has 0 unspecified atom stereocenters. The maximum absolute atomic E-state index is 9.73. The van der Waals surface area contributed by atoms with Crippen molar-refractivity contribution in [3.63, 3.8) is 0 Å². The van der Waals surface area contributed by atoms with E-state index in [-0.39, 0.29) is 19.8 Å². The van der Waals surface area contributed by atoms with E-state index in [0.29, 0.717) is 19.8 Å². The molecule has 0 aromatic heterocycles. The van der Waals surface area contributed by atoms with Gasteiger partial charge in [0.15, 0.2) is 6.29 Å². The number of hydrogen-bond donors (Lipinski definition) is 4. The van der Waals surface area contributed by atoms with Crippen LogP contribution < -0.4 is 0 Å². The molecule has 23 heavy (non-hydrogen) atoms. The Bertz CT molecular complexity index is 366. The molecular formula is C12H23N3O8. The molecule has 1 rings (SSSR count). The molecule has 5 atom stereocenters. The van der Waals surface area contributed by atoms with Gasteiger partial charge < -0.3 is 39.4 Å². The molecule has 11 heteroatoms. The van der Waals surface area contributed by atoms with E-state index in [9.17, 15) is 15.3 Å². The van der Waals surface area contributed by atoms with Crippen LogP contribution in [0.4, 0.5) is 0 Å². The van der Waals surface area contributed by atoms with Gasteiger partial charge in [-0.15, -0.1) is 0 Å². The van der Waals surface area contributed by atoms with Crippen molar-refractivity contribution in [3.8, 4) is 0 Å². The van der Waals surface area contributed by atoms with Crippen molar-refractivity contribution in [2.24, 2.45) is 5.11 Å². The quantitative estimate of drug-likeness (QED) is 0.147. The zero-order valence-electron chi connectivity index (χ0n) is 12.6. The lowest BCUT2D eigenvalue weighted by Gasteiger charge is -2.39. The summed E-state index contributed by atoms with van der Waals surface area (Å²) in [5.74, 6) is 0. The van der Waals surface area contributed by atoms with Gasteiger partial charge in [0.2, 0.25) is 0 Å². The van der Waals surface area contributed by atoms with Gasteiger partial charge in [-0.1, -0.05) is 5.11 Å². The SMILES string of the molecule is [N-]=[N+]=NCCOCCOCCO[C@@H]1O[C@@H](CO)[C@H](O)[C@H](O)[C@@H]1O. The van der Waals surface area contributed by atoms with Crippen molar-refractivity contribution in [1.82, 2.24) is 0 Å². The summed E-state index contributed by atoms with van der Waals surface area (Å²) in [6.45, 7) is 1.01. The first-order chi connectivity index (χ1) is 11.1. The Morgan fingerprint density at radius 2 is 1.61 bits per heavy atom. The van der Waals surface area contributed by atoms with Crippen LogP contribution >= 0.6 is 0 Å². The number of nitrogens with zero attached hydrogens (tertiary/aromatic N) is 3. The number of azide groups is 1. The van der Waals surface area contributed by atoms with Crippen molar-refractivity contribution in [3.05, 3.63) is 10.4 Å². The highest BCUT2D eigenvalue weighted by molar-refractivity contribution is 4.88. The van der Waals surface area contributed by atoms with E-state index in [2.05, 4.69) is 10.0 Å². The molecule has 1 fully saturated rings. The first-order valence-electron chi connectivity index (χ1n) is 7.20. The second-order valence-electron chi connectivity index (χ2n) is 4.75. The fourth-order valence-electron chi connectivity index (χ4n) is 1.90. The number of aliphatic hydroxyl groups is 4. The Morgan fingerprint density at radius 1 is 0.957 bits per heavy atom. The summed E-state index contributed by atoms with van der Waals surface area (Å²) in [5, 5.41) is 41.2. The Labute approximate surface area is 133 Å². The van der Waals surface area contributed by atoms with Gasteiger partial charge in [0.05, 0.1) is 39.6 Å².